The first kappa shape index (κ1) is 19.1. The van der Waals surface area contributed by atoms with E-state index in [9.17, 15) is 29.3 Å². The van der Waals surface area contributed by atoms with Crippen molar-refractivity contribution in [3.63, 3.8) is 0 Å². The first-order valence-corrected chi connectivity index (χ1v) is 9.98. The van der Waals surface area contributed by atoms with Crippen LogP contribution in [0, 0.1) is 0 Å². The number of aromatic carboxylic acids is 2. The molecule has 9 heteroatoms. The monoisotopic (exact) mass is 391 g/mol. The molecule has 0 aliphatic rings. The Balaban J connectivity index is 2.20. The average molecular weight is 391 g/mol. The first-order valence-electron chi connectivity index (χ1n) is 8.22. The maximum Gasteiger partial charge on any atom is 0.335 e. The fourth-order valence-electron chi connectivity index (χ4n) is 3.10. The zero-order valence-corrected chi connectivity index (χ0v) is 15.3. The van der Waals surface area contributed by atoms with Crippen molar-refractivity contribution in [3.8, 4) is 0 Å². The van der Waals surface area contributed by atoms with Crippen molar-refractivity contribution in [3.05, 3.63) is 47.5 Å². The lowest BCUT2D eigenvalue weighted by molar-refractivity contribution is 0.0686. The van der Waals surface area contributed by atoms with Crippen LogP contribution in [0.3, 0.4) is 0 Å². The minimum absolute atomic E-state index is 0.0735. The highest BCUT2D eigenvalue weighted by atomic mass is 31.2. The number of hydrogen-bond acceptors (Lipinski definition) is 4. The van der Waals surface area contributed by atoms with Crippen LogP contribution in [0.4, 0.5) is 0 Å². The van der Waals surface area contributed by atoms with Gasteiger partial charge in [-0.15, -0.1) is 0 Å². The molecule has 0 aliphatic heterocycles. The standard InChI is InChI=1S/C18H18NO7P/c1-2-26-27(24,25)8-7-19-15-5-3-11(17(20)21)9-13(15)14-10-12(18(22)23)4-6-16(14)19/h3-6,9-10H,2,7-8H2,1H3,(H,20,21)(H,22,23)(H,24,25). The second-order valence-electron chi connectivity index (χ2n) is 6.00. The molecule has 0 aliphatic carbocycles. The van der Waals surface area contributed by atoms with Crippen LogP contribution < -0.4 is 0 Å². The van der Waals surface area contributed by atoms with Gasteiger partial charge in [0.15, 0.2) is 0 Å². The number of carbonyl (C=O) groups is 2. The van der Waals surface area contributed by atoms with Crippen LogP contribution in [0.1, 0.15) is 27.6 Å². The third-order valence-electron chi connectivity index (χ3n) is 4.30. The van der Waals surface area contributed by atoms with Crippen LogP contribution in [0.5, 0.6) is 0 Å². The van der Waals surface area contributed by atoms with Gasteiger partial charge in [-0.05, 0) is 43.3 Å². The van der Waals surface area contributed by atoms with E-state index in [1.54, 1.807) is 23.6 Å². The highest BCUT2D eigenvalue weighted by Crippen LogP contribution is 2.42. The molecule has 3 N–H and O–H groups in total. The maximum atomic E-state index is 12.0. The number of fused-ring (bicyclic) bond motifs is 3. The molecular weight excluding hydrogens is 373 g/mol. The molecule has 0 spiro atoms. The van der Waals surface area contributed by atoms with Gasteiger partial charge in [-0.1, -0.05) is 0 Å². The van der Waals surface area contributed by atoms with E-state index in [1.807, 2.05) is 0 Å². The SMILES string of the molecule is CCOP(=O)(O)CCn1c2ccc(C(=O)O)cc2c2cc(C(=O)O)ccc21. The van der Waals surface area contributed by atoms with Crippen molar-refractivity contribution in [2.24, 2.45) is 0 Å². The highest BCUT2D eigenvalue weighted by molar-refractivity contribution is 7.52. The molecule has 1 aromatic heterocycles. The Morgan fingerprint density at radius 1 is 1.00 bits per heavy atom. The minimum atomic E-state index is -3.75. The van der Waals surface area contributed by atoms with E-state index < -0.39 is 19.5 Å². The van der Waals surface area contributed by atoms with Gasteiger partial charge in [0.2, 0.25) is 0 Å². The fourth-order valence-corrected chi connectivity index (χ4v) is 4.09. The second kappa shape index (κ2) is 7.15. The van der Waals surface area contributed by atoms with Crippen LogP contribution >= 0.6 is 7.60 Å². The summed E-state index contributed by atoms with van der Waals surface area (Å²) in [7, 11) is -3.75. The molecule has 0 fully saturated rings. The predicted molar refractivity (Wildman–Crippen MR) is 99.7 cm³/mol. The van der Waals surface area contributed by atoms with E-state index in [0.717, 1.165) is 0 Å². The van der Waals surface area contributed by atoms with E-state index in [-0.39, 0.29) is 30.4 Å². The largest absolute Gasteiger partial charge is 0.478 e. The Hall–Kier alpha value is -2.67. The summed E-state index contributed by atoms with van der Waals surface area (Å²) in [5, 5.41) is 19.6. The molecule has 1 heterocycles. The lowest BCUT2D eigenvalue weighted by Gasteiger charge is -2.13. The van der Waals surface area contributed by atoms with Crippen molar-refractivity contribution in [1.82, 2.24) is 4.57 Å². The number of carboxylic acids is 2. The number of hydrogen-bond donors (Lipinski definition) is 3. The van der Waals surface area contributed by atoms with E-state index in [1.165, 1.54) is 24.3 Å². The van der Waals surface area contributed by atoms with E-state index in [0.29, 0.717) is 21.8 Å². The third-order valence-corrected chi connectivity index (χ3v) is 5.72. The fraction of sp³-hybridized carbons (Fsp3) is 0.222. The van der Waals surface area contributed by atoms with E-state index in [4.69, 9.17) is 4.52 Å². The van der Waals surface area contributed by atoms with Crippen LogP contribution in [0.25, 0.3) is 21.8 Å². The molecule has 142 valence electrons. The van der Waals surface area contributed by atoms with Crippen LogP contribution in [-0.4, -0.2) is 44.4 Å². The predicted octanol–water partition coefficient (Wildman–Crippen LogP) is 3.41. The molecule has 1 atom stereocenters. The Labute approximate surface area is 154 Å². The van der Waals surface area contributed by atoms with Gasteiger partial charge in [0.25, 0.3) is 0 Å². The van der Waals surface area contributed by atoms with Crippen molar-refractivity contribution in [1.29, 1.82) is 0 Å². The van der Waals surface area contributed by atoms with Crippen LogP contribution in [0.15, 0.2) is 36.4 Å². The summed E-state index contributed by atoms with van der Waals surface area (Å²) in [6.45, 7) is 1.90. The number of nitrogens with zero attached hydrogens (tertiary/aromatic N) is 1. The lowest BCUT2D eigenvalue weighted by Crippen LogP contribution is -2.05. The molecule has 27 heavy (non-hydrogen) atoms. The van der Waals surface area contributed by atoms with Gasteiger partial charge < -0.3 is 24.2 Å². The molecule has 8 nitrogen and oxygen atoms in total. The van der Waals surface area contributed by atoms with Crippen LogP contribution in [0.2, 0.25) is 0 Å². The highest BCUT2D eigenvalue weighted by Gasteiger charge is 2.21. The van der Waals surface area contributed by atoms with Crippen molar-refractivity contribution < 1.29 is 33.8 Å². The Bertz CT molecular complexity index is 1030. The summed E-state index contributed by atoms with van der Waals surface area (Å²) < 4.78 is 18.7. The molecule has 3 aromatic rings. The van der Waals surface area contributed by atoms with Gasteiger partial charge in [-0.25, -0.2) is 9.59 Å². The number of rotatable bonds is 7. The average Bonchev–Trinajstić information content (AvgIpc) is 2.92. The van der Waals surface area contributed by atoms with Crippen LogP contribution in [-0.2, 0) is 15.6 Å². The van der Waals surface area contributed by atoms with Crippen molar-refractivity contribution >= 4 is 41.3 Å². The summed E-state index contributed by atoms with van der Waals surface area (Å²) in [6.07, 6.45) is -0.124. The quantitative estimate of drug-likeness (QED) is 0.527. The number of benzene rings is 2. The van der Waals surface area contributed by atoms with Gasteiger partial charge in [-0.3, -0.25) is 4.57 Å². The minimum Gasteiger partial charge on any atom is -0.478 e. The summed E-state index contributed by atoms with van der Waals surface area (Å²) >= 11 is 0. The topological polar surface area (TPSA) is 126 Å². The normalized spacial score (nSPS) is 13.7. The second-order valence-corrected chi connectivity index (χ2v) is 7.98. The molecule has 0 saturated heterocycles. The van der Waals surface area contributed by atoms with E-state index >= 15 is 0 Å². The zero-order chi connectivity index (χ0) is 19.8. The number of aryl methyl sites for hydroxylation is 1. The summed E-state index contributed by atoms with van der Waals surface area (Å²) in [4.78, 5) is 32.5. The number of carboxylic acid groups (broad SMARTS) is 2. The summed E-state index contributed by atoms with van der Waals surface area (Å²) in [5.74, 6) is -2.19. The Morgan fingerprint density at radius 3 is 1.89 bits per heavy atom. The van der Waals surface area contributed by atoms with Crippen molar-refractivity contribution in [2.75, 3.05) is 12.8 Å². The third kappa shape index (κ3) is 3.73. The van der Waals surface area contributed by atoms with E-state index in [2.05, 4.69) is 0 Å². The van der Waals surface area contributed by atoms with Crippen molar-refractivity contribution in [2.45, 2.75) is 13.5 Å². The Morgan fingerprint density at radius 2 is 1.48 bits per heavy atom. The maximum absolute atomic E-state index is 12.0. The molecule has 1 unspecified atom stereocenters. The molecular formula is C18H18NO7P. The smallest absolute Gasteiger partial charge is 0.335 e. The molecule has 0 amide bonds. The molecule has 3 rings (SSSR count). The Kier molecular flexibility index (Phi) is 5.06. The van der Waals surface area contributed by atoms with Gasteiger partial charge in [0.05, 0.1) is 23.9 Å². The summed E-state index contributed by atoms with van der Waals surface area (Å²) in [5.41, 5.74) is 1.44. The number of aromatic nitrogens is 1. The van der Waals surface area contributed by atoms with Gasteiger partial charge in [-0.2, -0.15) is 0 Å². The van der Waals surface area contributed by atoms with Gasteiger partial charge in [0.1, 0.15) is 0 Å². The van der Waals surface area contributed by atoms with Gasteiger partial charge >= 0.3 is 19.5 Å². The molecule has 0 bridgehead atoms. The molecule has 0 radical (unpaired) electrons. The summed E-state index contributed by atoms with van der Waals surface area (Å²) in [6, 6.07) is 9.06. The van der Waals surface area contributed by atoms with Gasteiger partial charge in [0, 0.05) is 28.4 Å². The molecule has 0 saturated carbocycles. The molecule has 2 aromatic carbocycles. The lowest BCUT2D eigenvalue weighted by atomic mass is 10.1. The first-order chi connectivity index (χ1) is 12.7. The zero-order valence-electron chi connectivity index (χ0n) is 14.5.